The number of anilines is 3. The second kappa shape index (κ2) is 10.9. The molecule has 0 saturated carbocycles. The van der Waals surface area contributed by atoms with Crippen molar-refractivity contribution < 1.29 is 19.1 Å². The first kappa shape index (κ1) is 22.7. The molecule has 0 radical (unpaired) electrons. The fourth-order valence-corrected chi connectivity index (χ4v) is 4.03. The summed E-state index contributed by atoms with van der Waals surface area (Å²) in [5.41, 5.74) is 2.90. The zero-order chi connectivity index (χ0) is 23.0. The summed E-state index contributed by atoms with van der Waals surface area (Å²) >= 11 is 1.32. The van der Waals surface area contributed by atoms with Crippen molar-refractivity contribution in [1.29, 1.82) is 0 Å². The number of amides is 3. The van der Waals surface area contributed by atoms with Gasteiger partial charge in [-0.3, -0.25) is 15.0 Å². The zero-order valence-electron chi connectivity index (χ0n) is 18.2. The molecule has 3 amide bonds. The summed E-state index contributed by atoms with van der Waals surface area (Å²) in [7, 11) is 1.59. The number of benzene rings is 2. The number of rotatable bonds is 7. The molecule has 0 bridgehead atoms. The Hall–Kier alpha value is -3.47. The van der Waals surface area contributed by atoms with E-state index in [1.165, 1.54) is 11.3 Å². The van der Waals surface area contributed by atoms with Gasteiger partial charge in [0.2, 0.25) is 5.91 Å². The lowest BCUT2D eigenvalue weighted by Crippen LogP contribution is -2.41. The Morgan fingerprint density at radius 1 is 1.06 bits per heavy atom. The summed E-state index contributed by atoms with van der Waals surface area (Å²) < 4.78 is 10.4. The minimum atomic E-state index is -0.384. The van der Waals surface area contributed by atoms with Gasteiger partial charge in [0.1, 0.15) is 5.75 Å². The number of carbonyl (C=O) groups is 2. The van der Waals surface area contributed by atoms with Crippen LogP contribution >= 0.6 is 11.3 Å². The lowest BCUT2D eigenvalue weighted by atomic mass is 10.1. The first-order valence-electron chi connectivity index (χ1n) is 10.5. The lowest BCUT2D eigenvalue weighted by Gasteiger charge is -2.25. The summed E-state index contributed by atoms with van der Waals surface area (Å²) in [6, 6.07) is 14.1. The number of nitrogens with zero attached hydrogens (tertiary/aromatic N) is 2. The molecule has 1 aliphatic heterocycles. The van der Waals surface area contributed by atoms with Crippen LogP contribution in [0.25, 0.3) is 11.3 Å². The lowest BCUT2D eigenvalue weighted by molar-refractivity contribution is -0.118. The highest BCUT2D eigenvalue weighted by Gasteiger charge is 2.15. The summed E-state index contributed by atoms with van der Waals surface area (Å²) in [5.74, 6) is 0.648. The monoisotopic (exact) mass is 467 g/mol. The Morgan fingerprint density at radius 2 is 1.85 bits per heavy atom. The maximum atomic E-state index is 12.4. The Kier molecular flexibility index (Phi) is 7.51. The topological polar surface area (TPSA) is 105 Å². The molecule has 3 aromatic rings. The summed E-state index contributed by atoms with van der Waals surface area (Å²) in [4.78, 5) is 31.2. The number of ether oxygens (including phenoxy) is 2. The molecule has 9 nitrogen and oxygen atoms in total. The van der Waals surface area contributed by atoms with E-state index < -0.39 is 0 Å². The van der Waals surface area contributed by atoms with Gasteiger partial charge >= 0.3 is 6.03 Å². The number of hydrogen-bond acceptors (Lipinski definition) is 7. The first-order valence-corrected chi connectivity index (χ1v) is 11.3. The summed E-state index contributed by atoms with van der Waals surface area (Å²) in [6.45, 7) is 3.16. The third-order valence-corrected chi connectivity index (χ3v) is 5.74. The third-order valence-electron chi connectivity index (χ3n) is 4.99. The van der Waals surface area contributed by atoms with Gasteiger partial charge in [-0.1, -0.05) is 12.1 Å². The molecule has 2 aromatic carbocycles. The minimum Gasteiger partial charge on any atom is -0.497 e. The van der Waals surface area contributed by atoms with Crippen molar-refractivity contribution in [2.24, 2.45) is 0 Å². The molecular formula is C23H25N5O4S. The van der Waals surface area contributed by atoms with E-state index in [1.807, 2.05) is 29.6 Å². The zero-order valence-corrected chi connectivity index (χ0v) is 19.0. The molecule has 2 heterocycles. The van der Waals surface area contributed by atoms with Crippen LogP contribution in [-0.4, -0.2) is 61.8 Å². The van der Waals surface area contributed by atoms with Gasteiger partial charge in [-0.05, 0) is 36.4 Å². The van der Waals surface area contributed by atoms with Crippen molar-refractivity contribution in [3.63, 3.8) is 0 Å². The fraction of sp³-hybridized carbons (Fsp3) is 0.261. The molecule has 0 spiro atoms. The van der Waals surface area contributed by atoms with Gasteiger partial charge < -0.3 is 20.1 Å². The molecule has 0 atom stereocenters. The molecule has 1 aromatic heterocycles. The van der Waals surface area contributed by atoms with Gasteiger partial charge in [-0.25, -0.2) is 9.78 Å². The van der Waals surface area contributed by atoms with Crippen LogP contribution in [0.3, 0.4) is 0 Å². The molecule has 0 unspecified atom stereocenters. The highest BCUT2D eigenvalue weighted by molar-refractivity contribution is 7.14. The van der Waals surface area contributed by atoms with Crippen molar-refractivity contribution in [3.05, 3.63) is 53.9 Å². The Morgan fingerprint density at radius 3 is 2.61 bits per heavy atom. The summed E-state index contributed by atoms with van der Waals surface area (Å²) in [5, 5.41) is 10.8. The number of methoxy groups -OCH3 is 1. The molecule has 3 N–H and O–H groups in total. The molecule has 0 aliphatic carbocycles. The van der Waals surface area contributed by atoms with Crippen molar-refractivity contribution in [1.82, 2.24) is 9.88 Å². The third kappa shape index (κ3) is 6.51. The Labute approximate surface area is 195 Å². The van der Waals surface area contributed by atoms with E-state index in [0.717, 1.165) is 18.7 Å². The molecule has 1 fully saturated rings. The highest BCUT2D eigenvalue weighted by atomic mass is 32.1. The van der Waals surface area contributed by atoms with Crippen molar-refractivity contribution in [3.8, 4) is 17.0 Å². The van der Waals surface area contributed by atoms with Gasteiger partial charge in [-0.15, -0.1) is 11.3 Å². The van der Waals surface area contributed by atoms with Crippen LogP contribution in [0.2, 0.25) is 0 Å². The van der Waals surface area contributed by atoms with E-state index in [2.05, 4.69) is 25.8 Å². The van der Waals surface area contributed by atoms with Crippen molar-refractivity contribution in [2.45, 2.75) is 0 Å². The van der Waals surface area contributed by atoms with Gasteiger partial charge in [-0.2, -0.15) is 0 Å². The average molecular weight is 468 g/mol. The smallest absolute Gasteiger partial charge is 0.325 e. The second-order valence-electron chi connectivity index (χ2n) is 7.36. The van der Waals surface area contributed by atoms with Gasteiger partial charge in [0.15, 0.2) is 5.13 Å². The fourth-order valence-electron chi connectivity index (χ4n) is 3.32. The molecular weight excluding hydrogens is 442 g/mol. The van der Waals surface area contributed by atoms with Gasteiger partial charge in [0.25, 0.3) is 0 Å². The molecule has 33 heavy (non-hydrogen) atoms. The largest absolute Gasteiger partial charge is 0.497 e. The number of urea groups is 1. The van der Waals surface area contributed by atoms with E-state index in [4.69, 9.17) is 9.47 Å². The second-order valence-corrected chi connectivity index (χ2v) is 8.22. The quantitative estimate of drug-likeness (QED) is 0.489. The van der Waals surface area contributed by atoms with Crippen LogP contribution in [0, 0.1) is 0 Å². The van der Waals surface area contributed by atoms with E-state index in [0.29, 0.717) is 47.7 Å². The van der Waals surface area contributed by atoms with E-state index >= 15 is 0 Å². The highest BCUT2D eigenvalue weighted by Crippen LogP contribution is 2.27. The van der Waals surface area contributed by atoms with Crippen LogP contribution in [-0.2, 0) is 9.53 Å². The van der Waals surface area contributed by atoms with Gasteiger partial charge in [0.05, 0.1) is 32.6 Å². The number of morpholine rings is 1. The van der Waals surface area contributed by atoms with Crippen LogP contribution in [0.4, 0.5) is 21.3 Å². The normalized spacial score (nSPS) is 13.8. The van der Waals surface area contributed by atoms with Gasteiger partial charge in [0, 0.05) is 35.4 Å². The van der Waals surface area contributed by atoms with Crippen LogP contribution in [0.1, 0.15) is 0 Å². The molecule has 172 valence electrons. The van der Waals surface area contributed by atoms with E-state index in [-0.39, 0.29) is 11.9 Å². The maximum Gasteiger partial charge on any atom is 0.325 e. The maximum absolute atomic E-state index is 12.4. The number of carbonyl (C=O) groups excluding carboxylic acids is 2. The minimum absolute atomic E-state index is 0.0649. The van der Waals surface area contributed by atoms with Crippen molar-refractivity contribution in [2.75, 3.05) is 55.9 Å². The van der Waals surface area contributed by atoms with Crippen LogP contribution < -0.4 is 20.7 Å². The van der Waals surface area contributed by atoms with E-state index in [1.54, 1.807) is 31.4 Å². The Bertz CT molecular complexity index is 1100. The SMILES string of the molecule is COc1ccc(NC(=O)Nc2nc(-c3cccc(NC(=O)CN4CCOCC4)c3)cs2)cc1. The molecule has 10 heteroatoms. The van der Waals surface area contributed by atoms with Crippen LogP contribution in [0.15, 0.2) is 53.9 Å². The number of nitrogens with one attached hydrogen (secondary N) is 3. The van der Waals surface area contributed by atoms with E-state index in [9.17, 15) is 9.59 Å². The number of thiazole rings is 1. The molecule has 1 aliphatic rings. The van der Waals surface area contributed by atoms with Crippen LogP contribution in [0.5, 0.6) is 5.75 Å². The summed E-state index contributed by atoms with van der Waals surface area (Å²) in [6.07, 6.45) is 0. The predicted molar refractivity (Wildman–Crippen MR) is 129 cm³/mol. The first-order chi connectivity index (χ1) is 16.1. The Balaban J connectivity index is 1.33. The standard InChI is InChI=1S/C23H25N5O4S/c1-31-19-7-5-17(6-8-19)25-22(30)27-23-26-20(15-33-23)16-3-2-4-18(13-16)24-21(29)14-28-9-11-32-12-10-28/h2-8,13,15H,9-12,14H2,1H3,(H,24,29)(H2,25,26,27,30). The van der Waals surface area contributed by atoms with Crippen molar-refractivity contribution >= 4 is 39.8 Å². The number of hydrogen-bond donors (Lipinski definition) is 3. The molecule has 4 rings (SSSR count). The predicted octanol–water partition coefficient (Wildman–Crippen LogP) is 3.73. The number of aromatic nitrogens is 1. The average Bonchev–Trinajstić information content (AvgIpc) is 3.28. The molecule has 1 saturated heterocycles.